The molecular formula is C25H25ClN2O2. The number of carbonyl (C=O) groups excluding carboxylic acids is 1. The number of halogens is 1. The van der Waals surface area contributed by atoms with Crippen LogP contribution in [0, 0.1) is 0 Å². The average molecular weight is 421 g/mol. The molecule has 0 atom stereocenters. The maximum Gasteiger partial charge on any atom is 0.253 e. The largest absolute Gasteiger partial charge is 0.351 e. The zero-order valence-electron chi connectivity index (χ0n) is 17.2. The maximum atomic E-state index is 13.2. The second kappa shape index (κ2) is 8.60. The molecule has 3 aromatic carbocycles. The fourth-order valence-electron chi connectivity index (χ4n) is 4.02. The predicted octanol–water partition coefficient (Wildman–Crippen LogP) is 4.56. The van der Waals surface area contributed by atoms with E-state index >= 15 is 0 Å². The lowest BCUT2D eigenvalue weighted by molar-refractivity contribution is -0.126. The topological polar surface area (TPSA) is 32.8 Å². The summed E-state index contributed by atoms with van der Waals surface area (Å²) in [7, 11) is 4.00. The molecular weight excluding hydrogens is 396 g/mol. The highest BCUT2D eigenvalue weighted by molar-refractivity contribution is 6.30. The third kappa shape index (κ3) is 3.74. The van der Waals surface area contributed by atoms with Gasteiger partial charge in [0.15, 0.2) is 0 Å². The van der Waals surface area contributed by atoms with Gasteiger partial charge in [0.2, 0.25) is 0 Å². The SMILES string of the molecule is CN(C)CCN1C(=O)COC(c2ccccc2)(c2ccccc2)c2cc(Cl)ccc21. The van der Waals surface area contributed by atoms with Gasteiger partial charge >= 0.3 is 0 Å². The van der Waals surface area contributed by atoms with Crippen molar-refractivity contribution in [3.05, 3.63) is 101 Å². The third-order valence-corrected chi connectivity index (χ3v) is 5.71. The molecule has 0 N–H and O–H groups in total. The summed E-state index contributed by atoms with van der Waals surface area (Å²) in [5.74, 6) is -0.0610. The van der Waals surface area contributed by atoms with E-state index in [-0.39, 0.29) is 12.5 Å². The molecule has 0 spiro atoms. The molecule has 30 heavy (non-hydrogen) atoms. The van der Waals surface area contributed by atoms with Crippen molar-refractivity contribution in [3.63, 3.8) is 0 Å². The zero-order valence-corrected chi connectivity index (χ0v) is 18.0. The van der Waals surface area contributed by atoms with E-state index < -0.39 is 5.60 Å². The minimum absolute atomic E-state index is 0.0243. The van der Waals surface area contributed by atoms with Gasteiger partial charge in [0.25, 0.3) is 5.91 Å². The van der Waals surface area contributed by atoms with Crippen LogP contribution < -0.4 is 4.90 Å². The van der Waals surface area contributed by atoms with Gasteiger partial charge in [-0.15, -0.1) is 0 Å². The average Bonchev–Trinajstić information content (AvgIpc) is 2.88. The molecule has 3 aromatic rings. The van der Waals surface area contributed by atoms with E-state index in [1.165, 1.54) is 0 Å². The lowest BCUT2D eigenvalue weighted by atomic mass is 9.79. The van der Waals surface area contributed by atoms with Crippen molar-refractivity contribution < 1.29 is 9.53 Å². The number of benzene rings is 3. The molecule has 1 heterocycles. The van der Waals surface area contributed by atoms with E-state index in [0.717, 1.165) is 28.9 Å². The molecule has 0 aromatic heterocycles. The molecule has 4 rings (SSSR count). The van der Waals surface area contributed by atoms with Gasteiger partial charge in [-0.3, -0.25) is 4.79 Å². The van der Waals surface area contributed by atoms with Crippen LogP contribution in [0.2, 0.25) is 5.02 Å². The van der Waals surface area contributed by atoms with Crippen LogP contribution in [0.3, 0.4) is 0 Å². The summed E-state index contributed by atoms with van der Waals surface area (Å²) < 4.78 is 6.53. The molecule has 0 bridgehead atoms. The third-order valence-electron chi connectivity index (χ3n) is 5.47. The number of fused-ring (bicyclic) bond motifs is 1. The smallest absolute Gasteiger partial charge is 0.253 e. The molecule has 0 radical (unpaired) electrons. The van der Waals surface area contributed by atoms with Gasteiger partial charge in [0, 0.05) is 23.7 Å². The van der Waals surface area contributed by atoms with Crippen molar-refractivity contribution >= 4 is 23.2 Å². The fraction of sp³-hybridized carbons (Fsp3) is 0.240. The maximum absolute atomic E-state index is 13.2. The van der Waals surface area contributed by atoms with Crippen molar-refractivity contribution in [2.75, 3.05) is 38.7 Å². The molecule has 0 unspecified atom stereocenters. The molecule has 0 saturated carbocycles. The first-order valence-electron chi connectivity index (χ1n) is 10.0. The summed E-state index contributed by atoms with van der Waals surface area (Å²) in [5.41, 5.74) is 2.68. The molecule has 1 amide bonds. The Hall–Kier alpha value is -2.66. The van der Waals surface area contributed by atoms with Crippen LogP contribution in [-0.4, -0.2) is 44.6 Å². The Kier molecular flexibility index (Phi) is 5.91. The predicted molar refractivity (Wildman–Crippen MR) is 121 cm³/mol. The quantitative estimate of drug-likeness (QED) is 0.606. The van der Waals surface area contributed by atoms with Gasteiger partial charge in [-0.2, -0.15) is 0 Å². The second-order valence-corrected chi connectivity index (χ2v) is 8.15. The van der Waals surface area contributed by atoms with Crippen molar-refractivity contribution in [2.45, 2.75) is 5.60 Å². The highest BCUT2D eigenvalue weighted by Crippen LogP contribution is 2.46. The van der Waals surface area contributed by atoms with E-state index in [2.05, 4.69) is 4.90 Å². The minimum atomic E-state index is -0.939. The van der Waals surface area contributed by atoms with Crippen LogP contribution in [0.5, 0.6) is 0 Å². The number of ether oxygens (including phenoxy) is 1. The molecule has 0 fully saturated rings. The molecule has 0 saturated heterocycles. The Morgan fingerprint density at radius 2 is 1.57 bits per heavy atom. The molecule has 1 aliphatic heterocycles. The second-order valence-electron chi connectivity index (χ2n) is 7.71. The van der Waals surface area contributed by atoms with E-state index in [0.29, 0.717) is 11.6 Å². The summed E-state index contributed by atoms with van der Waals surface area (Å²) in [6.45, 7) is 1.30. The van der Waals surface area contributed by atoms with E-state index in [9.17, 15) is 4.79 Å². The number of amides is 1. The number of hydrogen-bond acceptors (Lipinski definition) is 3. The normalized spacial score (nSPS) is 15.7. The van der Waals surface area contributed by atoms with Gasteiger partial charge in [0.1, 0.15) is 12.2 Å². The highest BCUT2D eigenvalue weighted by Gasteiger charge is 2.43. The Morgan fingerprint density at radius 3 is 2.13 bits per heavy atom. The first kappa shape index (κ1) is 20.6. The van der Waals surface area contributed by atoms with Crippen molar-refractivity contribution in [2.24, 2.45) is 0 Å². The van der Waals surface area contributed by atoms with Crippen molar-refractivity contribution in [1.82, 2.24) is 4.90 Å². The van der Waals surface area contributed by atoms with Crippen LogP contribution >= 0.6 is 11.6 Å². The van der Waals surface area contributed by atoms with E-state index in [1.54, 1.807) is 0 Å². The van der Waals surface area contributed by atoms with Gasteiger partial charge in [0.05, 0.1) is 5.69 Å². The number of rotatable bonds is 5. The van der Waals surface area contributed by atoms with Crippen molar-refractivity contribution in [3.8, 4) is 0 Å². The lowest BCUT2D eigenvalue weighted by Crippen LogP contribution is -2.38. The number of carbonyl (C=O) groups is 1. The first-order valence-corrected chi connectivity index (χ1v) is 10.4. The van der Waals surface area contributed by atoms with Crippen molar-refractivity contribution in [1.29, 1.82) is 0 Å². The summed E-state index contributed by atoms with van der Waals surface area (Å²) in [6.07, 6.45) is 0. The Bertz CT molecular complexity index is 982. The number of nitrogens with zero attached hydrogens (tertiary/aromatic N) is 2. The Morgan fingerprint density at radius 1 is 0.967 bits per heavy atom. The minimum Gasteiger partial charge on any atom is -0.351 e. The number of anilines is 1. The summed E-state index contributed by atoms with van der Waals surface area (Å²) in [5, 5.41) is 0.607. The zero-order chi connectivity index (χ0) is 21.1. The standard InChI is InChI=1S/C25H25ClN2O2/c1-27(2)15-16-28-23-14-13-21(26)17-22(23)25(30-18-24(28)29,19-9-5-3-6-10-19)20-11-7-4-8-12-20/h3-14,17H,15-16,18H2,1-2H3. The molecule has 0 aliphatic carbocycles. The van der Waals surface area contributed by atoms with Crippen LogP contribution in [0.15, 0.2) is 78.9 Å². The molecule has 5 heteroatoms. The van der Waals surface area contributed by atoms with E-state index in [1.807, 2.05) is 97.9 Å². The monoisotopic (exact) mass is 420 g/mol. The Labute approximate surface area is 182 Å². The summed E-state index contributed by atoms with van der Waals surface area (Å²) >= 11 is 6.48. The molecule has 154 valence electrons. The fourth-order valence-corrected chi connectivity index (χ4v) is 4.19. The molecule has 4 nitrogen and oxygen atoms in total. The summed E-state index contributed by atoms with van der Waals surface area (Å²) in [4.78, 5) is 17.1. The van der Waals surface area contributed by atoms with Gasteiger partial charge in [-0.05, 0) is 43.4 Å². The van der Waals surface area contributed by atoms with Gasteiger partial charge in [-0.25, -0.2) is 0 Å². The highest BCUT2D eigenvalue weighted by atomic mass is 35.5. The summed E-state index contributed by atoms with van der Waals surface area (Å²) in [6, 6.07) is 25.8. The lowest BCUT2D eigenvalue weighted by Gasteiger charge is -2.35. The first-order chi connectivity index (χ1) is 14.5. The Balaban J connectivity index is 2.00. The van der Waals surface area contributed by atoms with Crippen LogP contribution in [0.25, 0.3) is 0 Å². The number of hydrogen-bond donors (Lipinski definition) is 0. The van der Waals surface area contributed by atoms with E-state index in [4.69, 9.17) is 16.3 Å². The van der Waals surface area contributed by atoms with Gasteiger partial charge < -0.3 is 14.5 Å². The van der Waals surface area contributed by atoms with Gasteiger partial charge in [-0.1, -0.05) is 72.3 Å². The van der Waals surface area contributed by atoms with Crippen LogP contribution in [-0.2, 0) is 15.1 Å². The molecule has 1 aliphatic rings. The number of likely N-dealkylation sites (N-methyl/N-ethyl adjacent to an activating group) is 1. The van der Waals surface area contributed by atoms with Crippen LogP contribution in [0.4, 0.5) is 5.69 Å². The van der Waals surface area contributed by atoms with Crippen LogP contribution in [0.1, 0.15) is 16.7 Å².